The van der Waals surface area contributed by atoms with E-state index in [2.05, 4.69) is 15.6 Å². The number of urea groups is 1. The zero-order chi connectivity index (χ0) is 19.8. The third-order valence-electron chi connectivity index (χ3n) is 6.47. The molecule has 1 aromatic heterocycles. The average Bonchev–Trinajstić information content (AvgIpc) is 3.18. The lowest BCUT2D eigenvalue weighted by Crippen LogP contribution is -2.67. The van der Waals surface area contributed by atoms with Crippen LogP contribution in [0.2, 0.25) is 0 Å². The molecule has 7 heteroatoms. The Balaban J connectivity index is 1.22. The molecule has 1 unspecified atom stereocenters. The van der Waals surface area contributed by atoms with E-state index in [1.54, 1.807) is 11.1 Å². The molecule has 1 atom stereocenters. The Morgan fingerprint density at radius 1 is 1.07 bits per heavy atom. The molecule has 1 aromatic carbocycles. The van der Waals surface area contributed by atoms with Gasteiger partial charge >= 0.3 is 6.03 Å². The lowest BCUT2D eigenvalue weighted by molar-refractivity contribution is -0.0155. The highest BCUT2D eigenvalue weighted by molar-refractivity contribution is 5.96. The van der Waals surface area contributed by atoms with Crippen LogP contribution in [0.1, 0.15) is 40.7 Å². The van der Waals surface area contributed by atoms with E-state index in [0.717, 1.165) is 50.0 Å². The maximum atomic E-state index is 13.0. The minimum atomic E-state index is -0.143. The van der Waals surface area contributed by atoms with Gasteiger partial charge in [-0.25, -0.2) is 4.79 Å². The number of benzene rings is 1. The van der Waals surface area contributed by atoms with Gasteiger partial charge in [0.15, 0.2) is 0 Å². The molecular weight excluding hydrogens is 366 g/mol. The van der Waals surface area contributed by atoms with Crippen LogP contribution < -0.4 is 10.6 Å². The van der Waals surface area contributed by atoms with Crippen LogP contribution in [0, 0.1) is 0 Å². The molecule has 29 heavy (non-hydrogen) atoms. The second-order valence-electron chi connectivity index (χ2n) is 8.22. The second-order valence-corrected chi connectivity index (χ2v) is 8.22. The molecule has 2 aromatic rings. The van der Waals surface area contributed by atoms with Crippen molar-refractivity contribution in [3.63, 3.8) is 0 Å². The Hall–Kier alpha value is -2.93. The van der Waals surface area contributed by atoms with Gasteiger partial charge in [0.25, 0.3) is 5.91 Å². The van der Waals surface area contributed by atoms with Crippen molar-refractivity contribution < 1.29 is 9.59 Å². The highest BCUT2D eigenvalue weighted by atomic mass is 16.2. The summed E-state index contributed by atoms with van der Waals surface area (Å²) in [5.41, 5.74) is 3.59. The normalized spacial score (nSPS) is 22.9. The summed E-state index contributed by atoms with van der Waals surface area (Å²) in [5.74, 6) is 0.0836. The van der Waals surface area contributed by atoms with Crippen molar-refractivity contribution in [3.05, 3.63) is 59.4 Å². The maximum Gasteiger partial charge on any atom is 0.322 e. The first-order valence-corrected chi connectivity index (χ1v) is 10.3. The number of carbonyl (C=O) groups is 2. The van der Waals surface area contributed by atoms with Gasteiger partial charge in [0.2, 0.25) is 0 Å². The van der Waals surface area contributed by atoms with Crippen LogP contribution in [0.25, 0.3) is 0 Å². The number of pyridine rings is 1. The zero-order valence-electron chi connectivity index (χ0n) is 16.4. The van der Waals surface area contributed by atoms with E-state index in [0.29, 0.717) is 24.3 Å². The Labute approximate surface area is 170 Å². The van der Waals surface area contributed by atoms with Crippen LogP contribution in [0.15, 0.2) is 42.7 Å². The highest BCUT2D eigenvalue weighted by Crippen LogP contribution is 2.37. The van der Waals surface area contributed by atoms with Crippen molar-refractivity contribution in [1.82, 2.24) is 20.1 Å². The number of hydrogen-bond acceptors (Lipinski definition) is 4. The minimum absolute atomic E-state index is 0.00182. The zero-order valence-corrected chi connectivity index (χ0v) is 16.4. The molecule has 3 aliphatic rings. The maximum absolute atomic E-state index is 13.0. The topological polar surface area (TPSA) is 77.6 Å². The average molecular weight is 391 g/mol. The Bertz CT molecular complexity index is 911. The van der Waals surface area contributed by atoms with E-state index in [9.17, 15) is 9.59 Å². The van der Waals surface area contributed by atoms with Crippen molar-refractivity contribution in [2.24, 2.45) is 0 Å². The van der Waals surface area contributed by atoms with Crippen molar-refractivity contribution >= 4 is 17.6 Å². The van der Waals surface area contributed by atoms with E-state index in [-0.39, 0.29) is 17.5 Å². The lowest BCUT2D eigenvalue weighted by atomic mass is 9.78. The van der Waals surface area contributed by atoms with Crippen molar-refractivity contribution in [1.29, 1.82) is 0 Å². The van der Waals surface area contributed by atoms with Crippen LogP contribution in [-0.4, -0.2) is 51.9 Å². The predicted octanol–water partition coefficient (Wildman–Crippen LogP) is 2.60. The smallest absolute Gasteiger partial charge is 0.322 e. The van der Waals surface area contributed by atoms with E-state index in [1.807, 2.05) is 41.4 Å². The van der Waals surface area contributed by atoms with Gasteiger partial charge in [0.05, 0.1) is 5.54 Å². The quantitative estimate of drug-likeness (QED) is 0.825. The molecule has 3 aliphatic heterocycles. The van der Waals surface area contributed by atoms with Gasteiger partial charge in [-0.3, -0.25) is 9.78 Å². The van der Waals surface area contributed by atoms with Crippen molar-refractivity contribution in [2.45, 2.75) is 37.9 Å². The molecule has 2 saturated heterocycles. The fraction of sp³-hybridized carbons (Fsp3) is 0.409. The van der Waals surface area contributed by atoms with Crippen molar-refractivity contribution in [2.75, 3.05) is 25.0 Å². The number of amides is 3. The Morgan fingerprint density at radius 2 is 1.90 bits per heavy atom. The number of piperidine rings is 1. The molecule has 2 fully saturated rings. The van der Waals surface area contributed by atoms with E-state index in [1.165, 1.54) is 0 Å². The molecule has 4 heterocycles. The van der Waals surface area contributed by atoms with E-state index >= 15 is 0 Å². The van der Waals surface area contributed by atoms with Gasteiger partial charge in [0.1, 0.15) is 0 Å². The van der Waals surface area contributed by atoms with Crippen LogP contribution in [-0.2, 0) is 13.1 Å². The number of fused-ring (bicyclic) bond motifs is 1. The number of anilines is 1. The third kappa shape index (κ3) is 3.25. The molecule has 0 aliphatic carbocycles. The number of nitrogens with one attached hydrogen (secondary N) is 2. The molecule has 0 radical (unpaired) electrons. The number of rotatable bonds is 2. The molecule has 3 amide bonds. The molecule has 7 nitrogen and oxygen atoms in total. The summed E-state index contributed by atoms with van der Waals surface area (Å²) in [6.07, 6.45) is 6.83. The predicted molar refractivity (Wildman–Crippen MR) is 109 cm³/mol. The van der Waals surface area contributed by atoms with Gasteiger partial charge in [-0.15, -0.1) is 0 Å². The number of hydrogen-bond donors (Lipinski definition) is 2. The first kappa shape index (κ1) is 18.1. The van der Waals surface area contributed by atoms with Gasteiger partial charge in [0, 0.05) is 49.8 Å². The minimum Gasteiger partial charge on any atom is -0.332 e. The van der Waals surface area contributed by atoms with Gasteiger partial charge in [-0.05, 0) is 67.3 Å². The summed E-state index contributed by atoms with van der Waals surface area (Å²) in [5, 5.41) is 6.36. The summed E-state index contributed by atoms with van der Waals surface area (Å²) >= 11 is 0. The fourth-order valence-corrected chi connectivity index (χ4v) is 4.67. The number of nitrogens with zero attached hydrogens (tertiary/aromatic N) is 3. The first-order chi connectivity index (χ1) is 14.1. The highest BCUT2D eigenvalue weighted by Gasteiger charge is 2.47. The Kier molecular flexibility index (Phi) is 4.47. The largest absolute Gasteiger partial charge is 0.332 e. The van der Waals surface area contributed by atoms with Crippen molar-refractivity contribution in [3.8, 4) is 0 Å². The molecule has 0 bridgehead atoms. The molecule has 1 spiro atoms. The molecule has 0 saturated carbocycles. The first-order valence-electron chi connectivity index (χ1n) is 10.3. The molecule has 5 rings (SSSR count). The fourth-order valence-electron chi connectivity index (χ4n) is 4.67. The molecule has 2 N–H and O–H groups in total. The molecule has 150 valence electrons. The van der Waals surface area contributed by atoms with Gasteiger partial charge < -0.3 is 20.4 Å². The number of likely N-dealkylation sites (tertiary alicyclic amines) is 1. The van der Waals surface area contributed by atoms with Crippen LogP contribution in [0.4, 0.5) is 10.5 Å². The summed E-state index contributed by atoms with van der Waals surface area (Å²) in [7, 11) is 0. The van der Waals surface area contributed by atoms with Gasteiger partial charge in [-0.1, -0.05) is 0 Å². The van der Waals surface area contributed by atoms with E-state index < -0.39 is 0 Å². The third-order valence-corrected chi connectivity index (χ3v) is 6.47. The van der Waals surface area contributed by atoms with E-state index in [4.69, 9.17) is 0 Å². The standard InChI is InChI=1S/C22H25N5O2/c28-20(27-11-8-22(27)7-1-9-24-15-22)16-2-4-19(5-3-16)25-21(29)26-13-17-6-10-23-12-18(17)14-26/h2-6,10,12,24H,1,7-9,11,13-15H2,(H,25,29). The summed E-state index contributed by atoms with van der Waals surface area (Å²) < 4.78 is 0. The van der Waals surface area contributed by atoms with Gasteiger partial charge in [-0.2, -0.15) is 0 Å². The van der Waals surface area contributed by atoms with Crippen LogP contribution >= 0.6 is 0 Å². The van der Waals surface area contributed by atoms with Crippen LogP contribution in [0.3, 0.4) is 0 Å². The summed E-state index contributed by atoms with van der Waals surface area (Å²) in [6, 6.07) is 9.04. The monoisotopic (exact) mass is 391 g/mol. The van der Waals surface area contributed by atoms with Crippen LogP contribution in [0.5, 0.6) is 0 Å². The Morgan fingerprint density at radius 3 is 2.59 bits per heavy atom. The second kappa shape index (κ2) is 7.15. The number of carbonyl (C=O) groups excluding carboxylic acids is 2. The number of aromatic nitrogens is 1. The SMILES string of the molecule is O=C(Nc1ccc(C(=O)N2CCC23CCCNC3)cc1)N1Cc2ccncc2C1. The summed E-state index contributed by atoms with van der Waals surface area (Å²) in [6.45, 7) is 3.91. The summed E-state index contributed by atoms with van der Waals surface area (Å²) in [4.78, 5) is 33.4. The lowest BCUT2D eigenvalue weighted by Gasteiger charge is -2.55. The molecular formula is C22H25N5O2.